The van der Waals surface area contributed by atoms with Gasteiger partial charge in [0.25, 0.3) is 0 Å². The molecule has 1 aromatic carbocycles. The molecule has 12 heavy (non-hydrogen) atoms. The van der Waals surface area contributed by atoms with Crippen molar-refractivity contribution in [3.05, 3.63) is 39.3 Å². The molecule has 0 aliphatic rings. The minimum absolute atomic E-state index is 0.291. The van der Waals surface area contributed by atoms with Crippen LogP contribution in [0.4, 0.5) is 0 Å². The van der Waals surface area contributed by atoms with Gasteiger partial charge in [0.2, 0.25) is 0 Å². The first kappa shape index (κ1) is 8.91. The summed E-state index contributed by atoms with van der Waals surface area (Å²) in [5.41, 5.74) is 4.64. The summed E-state index contributed by atoms with van der Waals surface area (Å²) < 4.78 is 0. The molecule has 2 nitrogen and oxygen atoms in total. The van der Waals surface area contributed by atoms with Crippen molar-refractivity contribution in [3.8, 4) is 0 Å². The highest BCUT2D eigenvalue weighted by molar-refractivity contribution is 5.38. The molecule has 0 fully saturated rings. The van der Waals surface area contributed by atoms with E-state index in [1.165, 1.54) is 11.1 Å². The molecule has 0 aromatic heterocycles. The van der Waals surface area contributed by atoms with Crippen LogP contribution in [0.3, 0.4) is 0 Å². The molecule has 0 bridgehead atoms. The number of rotatable bonds is 2. The fourth-order valence-corrected chi connectivity index (χ4v) is 1.32. The summed E-state index contributed by atoms with van der Waals surface area (Å²) in [4.78, 5) is 10.1. The molecule has 1 rings (SSSR count). The molecule has 0 N–H and O–H groups in total. The van der Waals surface area contributed by atoms with E-state index in [0.717, 1.165) is 11.1 Å². The van der Waals surface area contributed by atoms with Crippen LogP contribution in [0, 0.1) is 25.7 Å². The van der Waals surface area contributed by atoms with Crippen LogP contribution in [0.1, 0.15) is 22.3 Å². The third-order valence-corrected chi connectivity index (χ3v) is 2.33. The van der Waals surface area contributed by atoms with Gasteiger partial charge >= 0.3 is 0 Å². The van der Waals surface area contributed by atoms with Gasteiger partial charge in [-0.2, -0.15) is 4.91 Å². The third kappa shape index (κ3) is 1.52. The second kappa shape index (κ2) is 3.48. The van der Waals surface area contributed by atoms with E-state index in [4.69, 9.17) is 0 Å². The van der Waals surface area contributed by atoms with Crippen LogP contribution in [0.2, 0.25) is 0 Å². The molecule has 2 heteroatoms. The van der Waals surface area contributed by atoms with Crippen molar-refractivity contribution in [2.45, 2.75) is 27.3 Å². The number of hydrogen-bond donors (Lipinski definition) is 0. The quantitative estimate of drug-likeness (QED) is 0.616. The number of hydrogen-bond acceptors (Lipinski definition) is 2. The average molecular weight is 163 g/mol. The van der Waals surface area contributed by atoms with Crippen LogP contribution in [-0.4, -0.2) is 0 Å². The highest BCUT2D eigenvalue weighted by Gasteiger charge is 2.03. The molecule has 1 aromatic rings. The summed E-state index contributed by atoms with van der Waals surface area (Å²) in [6, 6.07) is 4.10. The van der Waals surface area contributed by atoms with Gasteiger partial charge in [0.05, 0.1) is 0 Å². The molecular weight excluding hydrogens is 150 g/mol. The highest BCUT2D eigenvalue weighted by Crippen LogP contribution is 2.18. The largest absolute Gasteiger partial charge is 0.150 e. The van der Waals surface area contributed by atoms with Gasteiger partial charge in [0, 0.05) is 0 Å². The van der Waals surface area contributed by atoms with Crippen molar-refractivity contribution >= 4 is 0 Å². The normalized spacial score (nSPS) is 9.92. The van der Waals surface area contributed by atoms with Crippen LogP contribution in [-0.2, 0) is 6.54 Å². The van der Waals surface area contributed by atoms with E-state index in [9.17, 15) is 4.91 Å². The minimum Gasteiger partial charge on any atom is -0.150 e. The maximum absolute atomic E-state index is 10.1. The van der Waals surface area contributed by atoms with Crippen molar-refractivity contribution < 1.29 is 0 Å². The Hall–Kier alpha value is -1.18. The predicted octanol–water partition coefficient (Wildman–Crippen LogP) is 2.88. The number of nitrogens with zero attached hydrogens (tertiary/aromatic N) is 1. The number of benzene rings is 1. The van der Waals surface area contributed by atoms with Crippen LogP contribution in [0.15, 0.2) is 17.3 Å². The second-order valence-corrected chi connectivity index (χ2v) is 3.09. The summed E-state index contributed by atoms with van der Waals surface area (Å²) in [7, 11) is 0. The molecule has 0 atom stereocenters. The van der Waals surface area contributed by atoms with Gasteiger partial charge in [0.15, 0.2) is 0 Å². The van der Waals surface area contributed by atoms with Gasteiger partial charge in [-0.25, -0.2) is 0 Å². The first-order valence-electron chi connectivity index (χ1n) is 4.01. The summed E-state index contributed by atoms with van der Waals surface area (Å²) in [5, 5.41) is 2.92. The monoisotopic (exact) mass is 163 g/mol. The summed E-state index contributed by atoms with van der Waals surface area (Å²) in [5.74, 6) is 0. The zero-order valence-electron chi connectivity index (χ0n) is 7.72. The van der Waals surface area contributed by atoms with Crippen molar-refractivity contribution in [3.63, 3.8) is 0 Å². The van der Waals surface area contributed by atoms with E-state index >= 15 is 0 Å². The summed E-state index contributed by atoms with van der Waals surface area (Å²) in [6.45, 7) is 6.37. The fourth-order valence-electron chi connectivity index (χ4n) is 1.32. The molecular formula is C10H13NO. The van der Waals surface area contributed by atoms with Crippen molar-refractivity contribution in [1.82, 2.24) is 0 Å². The van der Waals surface area contributed by atoms with Crippen molar-refractivity contribution in [1.29, 1.82) is 0 Å². The smallest absolute Gasteiger partial charge is 0.107 e. The van der Waals surface area contributed by atoms with Crippen molar-refractivity contribution in [2.24, 2.45) is 5.18 Å². The molecule has 0 unspecified atom stereocenters. The van der Waals surface area contributed by atoms with Gasteiger partial charge in [-0.15, -0.1) is 0 Å². The maximum atomic E-state index is 10.1. The lowest BCUT2D eigenvalue weighted by molar-refractivity contribution is 1.01. The van der Waals surface area contributed by atoms with Gasteiger partial charge < -0.3 is 0 Å². The second-order valence-electron chi connectivity index (χ2n) is 3.09. The fraction of sp³-hybridized carbons (Fsp3) is 0.400. The molecule has 0 heterocycles. The molecule has 0 amide bonds. The van der Waals surface area contributed by atoms with E-state index in [-0.39, 0.29) is 0 Å². The Kier molecular flexibility index (Phi) is 2.58. The van der Waals surface area contributed by atoms with Gasteiger partial charge in [0.1, 0.15) is 6.54 Å². The Bertz CT molecular complexity index is 305. The Morgan fingerprint density at radius 1 is 1.17 bits per heavy atom. The standard InChI is InChI=1S/C10H13NO/c1-7-4-5-8(2)10(6-11-12)9(7)3/h4-5H,6H2,1-3H3. The lowest BCUT2D eigenvalue weighted by atomic mass is 9.99. The van der Waals surface area contributed by atoms with E-state index < -0.39 is 0 Å². The first-order valence-corrected chi connectivity index (χ1v) is 4.01. The maximum Gasteiger partial charge on any atom is 0.107 e. The molecule has 0 aliphatic heterocycles. The molecule has 0 saturated heterocycles. The van der Waals surface area contributed by atoms with Gasteiger partial charge in [-0.1, -0.05) is 17.3 Å². The molecule has 0 spiro atoms. The van der Waals surface area contributed by atoms with E-state index in [2.05, 4.69) is 11.2 Å². The molecule has 0 radical (unpaired) electrons. The molecule has 0 aliphatic carbocycles. The van der Waals surface area contributed by atoms with Crippen molar-refractivity contribution in [2.75, 3.05) is 0 Å². The minimum atomic E-state index is 0.291. The Morgan fingerprint density at radius 2 is 1.75 bits per heavy atom. The molecule has 0 saturated carbocycles. The lowest BCUT2D eigenvalue weighted by Crippen LogP contribution is -1.94. The highest BCUT2D eigenvalue weighted by atomic mass is 16.3. The predicted molar refractivity (Wildman–Crippen MR) is 50.2 cm³/mol. The summed E-state index contributed by atoms with van der Waals surface area (Å²) in [6.07, 6.45) is 0. The number of nitroso groups, excluding NO2 is 1. The topological polar surface area (TPSA) is 29.4 Å². The van der Waals surface area contributed by atoms with Crippen LogP contribution in [0.5, 0.6) is 0 Å². The van der Waals surface area contributed by atoms with E-state index in [0.29, 0.717) is 6.54 Å². The third-order valence-electron chi connectivity index (χ3n) is 2.33. The van der Waals surface area contributed by atoms with Gasteiger partial charge in [-0.05, 0) is 43.0 Å². The van der Waals surface area contributed by atoms with Gasteiger partial charge in [-0.3, -0.25) is 0 Å². The Balaban J connectivity index is 3.22. The Labute approximate surface area is 72.6 Å². The van der Waals surface area contributed by atoms with Crippen LogP contribution >= 0.6 is 0 Å². The SMILES string of the molecule is Cc1ccc(C)c(CN=O)c1C. The zero-order valence-corrected chi connectivity index (χ0v) is 7.72. The van der Waals surface area contributed by atoms with Crippen LogP contribution < -0.4 is 0 Å². The number of aryl methyl sites for hydroxylation is 2. The Morgan fingerprint density at radius 3 is 2.33 bits per heavy atom. The van der Waals surface area contributed by atoms with Crippen LogP contribution in [0.25, 0.3) is 0 Å². The average Bonchev–Trinajstić information content (AvgIpc) is 2.06. The summed E-state index contributed by atoms with van der Waals surface area (Å²) >= 11 is 0. The van der Waals surface area contributed by atoms with E-state index in [1.807, 2.05) is 26.8 Å². The van der Waals surface area contributed by atoms with E-state index in [1.54, 1.807) is 0 Å². The molecule has 64 valence electrons. The lowest BCUT2D eigenvalue weighted by Gasteiger charge is -2.08. The first-order chi connectivity index (χ1) is 5.66. The zero-order chi connectivity index (χ0) is 9.14.